The van der Waals surface area contributed by atoms with Gasteiger partial charge in [0.2, 0.25) is 5.91 Å². The molecular formula is C24H20ClN5O3S. The molecule has 0 saturated heterocycles. The van der Waals surface area contributed by atoms with Crippen LogP contribution in [0.2, 0.25) is 5.02 Å². The Bertz CT molecular complexity index is 1360. The number of aromatic nitrogens is 3. The molecule has 10 heteroatoms. The Balaban J connectivity index is 1.65. The molecule has 172 valence electrons. The lowest BCUT2D eigenvalue weighted by atomic mass is 10.1. The second-order valence-electron chi connectivity index (χ2n) is 7.50. The zero-order chi connectivity index (χ0) is 24.2. The van der Waals surface area contributed by atoms with Crippen LogP contribution in [0.3, 0.4) is 0 Å². The van der Waals surface area contributed by atoms with Gasteiger partial charge in [-0.1, -0.05) is 78.0 Å². The number of nitrogens with zero attached hydrogens (tertiary/aromatic N) is 4. The van der Waals surface area contributed by atoms with Gasteiger partial charge in [0.05, 0.1) is 4.92 Å². The Morgan fingerprint density at radius 1 is 1.09 bits per heavy atom. The lowest BCUT2D eigenvalue weighted by molar-refractivity contribution is -0.384. The number of anilines is 1. The van der Waals surface area contributed by atoms with Crippen molar-refractivity contribution in [1.29, 1.82) is 0 Å². The Hall–Kier alpha value is -3.69. The number of rotatable bonds is 7. The summed E-state index contributed by atoms with van der Waals surface area (Å²) in [5.74, 6) is 0.342. The fraction of sp³-hybridized carbons (Fsp3) is 0.125. The predicted molar refractivity (Wildman–Crippen MR) is 133 cm³/mol. The molecule has 0 aliphatic heterocycles. The molecule has 3 aromatic carbocycles. The standard InChI is InChI=1S/C24H20ClN5O3S/c1-15-8-6-7-11-18(15)22-27-28-24(29(22)2)34-21(16-9-4-3-5-10-16)23(31)26-17-12-13-19(25)20(14-17)30(32)33/h3-14,21H,1-2H3,(H,26,31). The molecule has 1 amide bonds. The summed E-state index contributed by atoms with van der Waals surface area (Å²) in [6.07, 6.45) is 0. The van der Waals surface area contributed by atoms with E-state index >= 15 is 0 Å². The molecule has 4 rings (SSSR count). The van der Waals surface area contributed by atoms with Gasteiger partial charge in [-0.15, -0.1) is 10.2 Å². The maximum atomic E-state index is 13.3. The number of halogens is 1. The van der Waals surface area contributed by atoms with E-state index in [1.807, 2.05) is 73.1 Å². The third kappa shape index (κ3) is 4.95. The number of carbonyl (C=O) groups is 1. The molecule has 1 heterocycles. The van der Waals surface area contributed by atoms with Gasteiger partial charge < -0.3 is 9.88 Å². The lowest BCUT2D eigenvalue weighted by Crippen LogP contribution is -2.19. The van der Waals surface area contributed by atoms with E-state index in [4.69, 9.17) is 11.6 Å². The van der Waals surface area contributed by atoms with Gasteiger partial charge in [0.25, 0.3) is 5.69 Å². The molecular weight excluding hydrogens is 474 g/mol. The first kappa shape index (κ1) is 23.5. The fourth-order valence-corrected chi connectivity index (χ4v) is 4.61. The molecule has 4 aromatic rings. The average Bonchev–Trinajstić information content (AvgIpc) is 3.19. The molecule has 1 unspecified atom stereocenters. The van der Waals surface area contributed by atoms with Crippen LogP contribution in [0.1, 0.15) is 16.4 Å². The van der Waals surface area contributed by atoms with Gasteiger partial charge in [-0.2, -0.15) is 0 Å². The third-order valence-electron chi connectivity index (χ3n) is 5.19. The number of thioether (sulfide) groups is 1. The lowest BCUT2D eigenvalue weighted by Gasteiger charge is -2.17. The first-order chi connectivity index (χ1) is 16.3. The van der Waals surface area contributed by atoms with E-state index in [1.54, 1.807) is 0 Å². The van der Waals surface area contributed by atoms with Crippen LogP contribution in [0.15, 0.2) is 78.0 Å². The number of nitrogens with one attached hydrogen (secondary N) is 1. The molecule has 0 radical (unpaired) electrons. The van der Waals surface area contributed by atoms with Crippen molar-refractivity contribution in [1.82, 2.24) is 14.8 Å². The Morgan fingerprint density at radius 2 is 1.79 bits per heavy atom. The highest BCUT2D eigenvalue weighted by atomic mass is 35.5. The topological polar surface area (TPSA) is 103 Å². The molecule has 0 aliphatic rings. The van der Waals surface area contributed by atoms with Gasteiger partial charge in [0.1, 0.15) is 10.3 Å². The highest BCUT2D eigenvalue weighted by Gasteiger charge is 2.26. The van der Waals surface area contributed by atoms with Crippen LogP contribution >= 0.6 is 23.4 Å². The summed E-state index contributed by atoms with van der Waals surface area (Å²) in [6.45, 7) is 2.00. The zero-order valence-electron chi connectivity index (χ0n) is 18.3. The first-order valence-corrected chi connectivity index (χ1v) is 11.5. The van der Waals surface area contributed by atoms with Gasteiger partial charge >= 0.3 is 0 Å². The summed E-state index contributed by atoms with van der Waals surface area (Å²) in [5.41, 5.74) is 2.78. The fourth-order valence-electron chi connectivity index (χ4n) is 3.42. The minimum Gasteiger partial charge on any atom is -0.325 e. The van der Waals surface area contributed by atoms with Crippen LogP contribution in [0.4, 0.5) is 11.4 Å². The molecule has 34 heavy (non-hydrogen) atoms. The van der Waals surface area contributed by atoms with Crippen molar-refractivity contribution in [2.24, 2.45) is 7.05 Å². The van der Waals surface area contributed by atoms with Gasteiger partial charge in [-0.25, -0.2) is 0 Å². The number of nitro benzene ring substituents is 1. The van der Waals surface area contributed by atoms with Gasteiger partial charge in [-0.05, 0) is 30.2 Å². The summed E-state index contributed by atoms with van der Waals surface area (Å²) in [4.78, 5) is 24.0. The van der Waals surface area contributed by atoms with E-state index in [2.05, 4.69) is 15.5 Å². The Labute approximate surface area is 205 Å². The maximum Gasteiger partial charge on any atom is 0.289 e. The van der Waals surface area contributed by atoms with E-state index in [9.17, 15) is 14.9 Å². The van der Waals surface area contributed by atoms with Crippen LogP contribution in [0.25, 0.3) is 11.4 Å². The summed E-state index contributed by atoms with van der Waals surface area (Å²) in [6, 6.07) is 21.3. The summed E-state index contributed by atoms with van der Waals surface area (Å²) < 4.78 is 1.85. The number of carbonyl (C=O) groups excluding carboxylic acids is 1. The average molecular weight is 494 g/mol. The number of benzene rings is 3. The van der Waals surface area contributed by atoms with Crippen LogP contribution < -0.4 is 5.32 Å². The van der Waals surface area contributed by atoms with Crippen LogP contribution in [-0.4, -0.2) is 25.6 Å². The van der Waals surface area contributed by atoms with Crippen LogP contribution in [0.5, 0.6) is 0 Å². The quantitative estimate of drug-likeness (QED) is 0.197. The smallest absolute Gasteiger partial charge is 0.289 e. The number of hydrogen-bond donors (Lipinski definition) is 1. The number of hydrogen-bond acceptors (Lipinski definition) is 6. The first-order valence-electron chi connectivity index (χ1n) is 10.3. The predicted octanol–water partition coefficient (Wildman–Crippen LogP) is 5.82. The number of aryl methyl sites for hydroxylation is 1. The molecule has 0 fully saturated rings. The summed E-state index contributed by atoms with van der Waals surface area (Å²) in [5, 5.41) is 22.5. The minimum atomic E-state index is -0.677. The minimum absolute atomic E-state index is 0.000182. The van der Waals surface area contributed by atoms with Crippen LogP contribution in [-0.2, 0) is 11.8 Å². The van der Waals surface area contributed by atoms with Crippen molar-refractivity contribution in [3.05, 3.63) is 99.1 Å². The van der Waals surface area contributed by atoms with Crippen molar-refractivity contribution in [2.45, 2.75) is 17.3 Å². The van der Waals surface area contributed by atoms with Gasteiger partial charge in [0.15, 0.2) is 11.0 Å². The van der Waals surface area contributed by atoms with Crippen molar-refractivity contribution < 1.29 is 9.72 Å². The summed E-state index contributed by atoms with van der Waals surface area (Å²) >= 11 is 7.15. The highest BCUT2D eigenvalue weighted by molar-refractivity contribution is 8.00. The van der Waals surface area contributed by atoms with Crippen molar-refractivity contribution in [3.63, 3.8) is 0 Å². The second kappa shape index (κ2) is 10.1. The molecule has 1 N–H and O–H groups in total. The zero-order valence-corrected chi connectivity index (χ0v) is 19.9. The second-order valence-corrected chi connectivity index (χ2v) is 8.98. The molecule has 1 aromatic heterocycles. The molecule has 0 aliphatic carbocycles. The van der Waals surface area contributed by atoms with Crippen LogP contribution in [0, 0.1) is 17.0 Å². The highest BCUT2D eigenvalue weighted by Crippen LogP contribution is 2.37. The van der Waals surface area contributed by atoms with E-state index in [1.165, 1.54) is 30.0 Å². The Kier molecular flexibility index (Phi) is 6.95. The largest absolute Gasteiger partial charge is 0.325 e. The molecule has 1 atom stereocenters. The maximum absolute atomic E-state index is 13.3. The number of amides is 1. The van der Waals surface area contributed by atoms with E-state index in [-0.39, 0.29) is 22.3 Å². The van der Waals surface area contributed by atoms with Gasteiger partial charge in [-0.3, -0.25) is 14.9 Å². The molecule has 0 bridgehead atoms. The number of nitro groups is 1. The molecule has 8 nitrogen and oxygen atoms in total. The van der Waals surface area contributed by atoms with Crippen molar-refractivity contribution in [2.75, 3.05) is 5.32 Å². The SMILES string of the molecule is Cc1ccccc1-c1nnc(SC(C(=O)Nc2ccc(Cl)c([N+](=O)[O-])c2)c2ccccc2)n1C. The van der Waals surface area contributed by atoms with Gasteiger partial charge in [0, 0.05) is 24.4 Å². The Morgan fingerprint density at radius 3 is 2.50 bits per heavy atom. The van der Waals surface area contributed by atoms with E-state index < -0.39 is 10.2 Å². The normalized spacial score (nSPS) is 11.7. The third-order valence-corrected chi connectivity index (χ3v) is 6.80. The van der Waals surface area contributed by atoms with Crippen molar-refractivity contribution in [3.8, 4) is 11.4 Å². The van der Waals surface area contributed by atoms with E-state index in [0.717, 1.165) is 16.7 Å². The van der Waals surface area contributed by atoms with Crippen molar-refractivity contribution >= 4 is 40.6 Å². The monoisotopic (exact) mass is 493 g/mol. The molecule has 0 spiro atoms. The molecule has 0 saturated carbocycles. The van der Waals surface area contributed by atoms with E-state index in [0.29, 0.717) is 11.0 Å². The summed E-state index contributed by atoms with van der Waals surface area (Å²) in [7, 11) is 1.85.